The summed E-state index contributed by atoms with van der Waals surface area (Å²) in [5, 5.41) is 14.3. The normalized spacial score (nSPS) is 10.9. The van der Waals surface area contributed by atoms with Gasteiger partial charge in [0.25, 0.3) is 0 Å². The SMILES string of the molecule is C=CCn1c(COc2ccc(C(C)C)cc2)nnc1SCC(=O)Nc1scc(-c2ccc(C)cc2)c1C(=O)OC. The summed E-state index contributed by atoms with van der Waals surface area (Å²) in [7, 11) is 1.33. The van der Waals surface area contributed by atoms with E-state index in [1.807, 2.05) is 53.3 Å². The third kappa shape index (κ3) is 7.00. The van der Waals surface area contributed by atoms with Crippen molar-refractivity contribution in [1.82, 2.24) is 14.8 Å². The summed E-state index contributed by atoms with van der Waals surface area (Å²) in [5.41, 5.74) is 4.29. The number of methoxy groups -OCH3 is 1. The highest BCUT2D eigenvalue weighted by Crippen LogP contribution is 2.36. The van der Waals surface area contributed by atoms with Crippen molar-refractivity contribution in [2.75, 3.05) is 18.2 Å². The number of amides is 1. The molecular weight excluding hydrogens is 544 g/mol. The number of ether oxygens (including phenoxy) is 2. The Bertz CT molecular complexity index is 1470. The molecule has 0 bridgehead atoms. The fraction of sp³-hybridized carbons (Fsp3) is 0.267. The fourth-order valence-corrected chi connectivity index (χ4v) is 5.68. The van der Waals surface area contributed by atoms with E-state index in [4.69, 9.17) is 9.47 Å². The minimum atomic E-state index is -0.506. The molecule has 4 rings (SSSR count). The molecule has 2 heterocycles. The second-order valence-corrected chi connectivity index (χ2v) is 11.2. The van der Waals surface area contributed by atoms with Gasteiger partial charge in [-0.3, -0.25) is 9.36 Å². The number of aromatic nitrogens is 3. The molecule has 0 aliphatic carbocycles. The molecule has 4 aromatic rings. The average molecular weight is 577 g/mol. The summed E-state index contributed by atoms with van der Waals surface area (Å²) in [6.07, 6.45) is 1.75. The van der Waals surface area contributed by atoms with Crippen molar-refractivity contribution < 1.29 is 19.1 Å². The van der Waals surface area contributed by atoms with Gasteiger partial charge in [-0.1, -0.05) is 73.6 Å². The van der Waals surface area contributed by atoms with Crippen molar-refractivity contribution in [3.63, 3.8) is 0 Å². The molecule has 0 fully saturated rings. The first-order valence-corrected chi connectivity index (χ1v) is 14.6. The molecule has 208 valence electrons. The van der Waals surface area contributed by atoms with E-state index >= 15 is 0 Å². The second-order valence-electron chi connectivity index (χ2n) is 9.36. The predicted octanol–water partition coefficient (Wildman–Crippen LogP) is 6.72. The lowest BCUT2D eigenvalue weighted by molar-refractivity contribution is -0.113. The zero-order valence-electron chi connectivity index (χ0n) is 23.0. The molecule has 8 nitrogen and oxygen atoms in total. The van der Waals surface area contributed by atoms with Gasteiger partial charge in [0.2, 0.25) is 5.91 Å². The minimum absolute atomic E-state index is 0.0746. The van der Waals surface area contributed by atoms with Crippen LogP contribution >= 0.6 is 23.1 Å². The van der Waals surface area contributed by atoms with Crippen molar-refractivity contribution in [2.24, 2.45) is 0 Å². The standard InChI is InChI=1S/C30H32N4O4S2/c1-6-15-34-25(16-38-23-13-11-21(12-14-23)19(2)3)32-33-30(34)40-18-26(35)31-28-27(29(36)37-5)24(17-39-28)22-9-7-20(4)8-10-22/h6-14,17,19H,1,15-16,18H2,2-5H3,(H,31,35). The van der Waals surface area contributed by atoms with Crippen molar-refractivity contribution in [1.29, 1.82) is 0 Å². The van der Waals surface area contributed by atoms with Gasteiger partial charge in [0.05, 0.1) is 12.9 Å². The quantitative estimate of drug-likeness (QED) is 0.114. The van der Waals surface area contributed by atoms with Crippen molar-refractivity contribution in [3.8, 4) is 16.9 Å². The average Bonchev–Trinajstić information content (AvgIpc) is 3.55. The van der Waals surface area contributed by atoms with Crippen molar-refractivity contribution in [2.45, 2.75) is 45.0 Å². The Morgan fingerprint density at radius 2 is 1.85 bits per heavy atom. The molecule has 0 unspecified atom stereocenters. The molecule has 0 aliphatic heterocycles. The molecule has 0 saturated carbocycles. The Kier molecular flexibility index (Phi) is 9.79. The van der Waals surface area contributed by atoms with Crippen LogP contribution in [0.4, 0.5) is 5.00 Å². The summed E-state index contributed by atoms with van der Waals surface area (Å²) in [6, 6.07) is 15.8. The Labute approximate surface area is 242 Å². The molecule has 40 heavy (non-hydrogen) atoms. The van der Waals surface area contributed by atoms with Gasteiger partial charge >= 0.3 is 5.97 Å². The van der Waals surface area contributed by atoms with Crippen LogP contribution in [0.1, 0.15) is 47.1 Å². The van der Waals surface area contributed by atoms with Crippen LogP contribution in [0.2, 0.25) is 0 Å². The third-order valence-electron chi connectivity index (χ3n) is 6.15. The molecule has 1 N–H and O–H groups in total. The van der Waals surface area contributed by atoms with E-state index in [0.29, 0.717) is 39.6 Å². The number of nitrogens with zero attached hydrogens (tertiary/aromatic N) is 3. The monoisotopic (exact) mass is 576 g/mol. The zero-order valence-corrected chi connectivity index (χ0v) is 24.6. The maximum absolute atomic E-state index is 12.9. The van der Waals surface area contributed by atoms with E-state index in [-0.39, 0.29) is 18.3 Å². The van der Waals surface area contributed by atoms with Crippen LogP contribution in [0, 0.1) is 6.92 Å². The minimum Gasteiger partial charge on any atom is -0.486 e. The van der Waals surface area contributed by atoms with Gasteiger partial charge in [-0.25, -0.2) is 4.79 Å². The van der Waals surface area contributed by atoms with Crippen molar-refractivity contribution >= 4 is 40.0 Å². The fourth-order valence-electron chi connectivity index (χ4n) is 3.93. The molecule has 10 heteroatoms. The molecular formula is C30H32N4O4S2. The number of benzene rings is 2. The van der Waals surface area contributed by atoms with Gasteiger partial charge < -0.3 is 14.8 Å². The molecule has 0 saturated heterocycles. The van der Waals surface area contributed by atoms with E-state index in [2.05, 4.69) is 48.1 Å². The topological polar surface area (TPSA) is 95.3 Å². The maximum atomic E-state index is 12.9. The van der Waals surface area contributed by atoms with Crippen LogP contribution in [0.5, 0.6) is 5.75 Å². The van der Waals surface area contributed by atoms with E-state index in [1.165, 1.54) is 35.8 Å². The van der Waals surface area contributed by atoms with Crippen LogP contribution in [0.25, 0.3) is 11.1 Å². The lowest BCUT2D eigenvalue weighted by Gasteiger charge is -2.11. The third-order valence-corrected chi connectivity index (χ3v) is 8.01. The van der Waals surface area contributed by atoms with Gasteiger partial charge in [-0.2, -0.15) is 0 Å². The Morgan fingerprint density at radius 1 is 1.12 bits per heavy atom. The highest BCUT2D eigenvalue weighted by atomic mass is 32.2. The van der Waals surface area contributed by atoms with Gasteiger partial charge in [-0.05, 0) is 36.1 Å². The predicted molar refractivity (Wildman–Crippen MR) is 160 cm³/mol. The summed E-state index contributed by atoms with van der Waals surface area (Å²) in [5.74, 6) is 1.12. The van der Waals surface area contributed by atoms with Gasteiger partial charge in [-0.15, -0.1) is 28.1 Å². The molecule has 0 radical (unpaired) electrons. The van der Waals surface area contributed by atoms with Crippen LogP contribution in [-0.4, -0.2) is 39.5 Å². The summed E-state index contributed by atoms with van der Waals surface area (Å²) >= 11 is 2.54. The number of carbonyl (C=O) groups excluding carboxylic acids is 2. The number of allylic oxidation sites excluding steroid dienone is 1. The highest BCUT2D eigenvalue weighted by molar-refractivity contribution is 7.99. The number of thiophene rings is 1. The van der Waals surface area contributed by atoms with Gasteiger partial charge in [0.1, 0.15) is 22.9 Å². The number of esters is 1. The van der Waals surface area contributed by atoms with E-state index in [1.54, 1.807) is 6.08 Å². The maximum Gasteiger partial charge on any atom is 0.341 e. The number of rotatable bonds is 12. The first-order valence-electron chi connectivity index (χ1n) is 12.8. The smallest absolute Gasteiger partial charge is 0.341 e. The summed E-state index contributed by atoms with van der Waals surface area (Å²) in [4.78, 5) is 25.6. The number of carbonyl (C=O) groups is 2. The van der Waals surface area contributed by atoms with Gasteiger partial charge in [0, 0.05) is 17.5 Å². The molecule has 0 atom stereocenters. The Morgan fingerprint density at radius 3 is 2.50 bits per heavy atom. The number of anilines is 1. The molecule has 0 aliphatic rings. The first-order chi connectivity index (χ1) is 19.3. The van der Waals surface area contributed by atoms with Gasteiger partial charge in [0.15, 0.2) is 11.0 Å². The molecule has 2 aromatic carbocycles. The number of thioether (sulfide) groups is 1. The Balaban J connectivity index is 1.42. The number of hydrogen-bond acceptors (Lipinski definition) is 8. The van der Waals surface area contributed by atoms with Crippen molar-refractivity contribution in [3.05, 3.63) is 89.1 Å². The number of nitrogens with one attached hydrogen (secondary N) is 1. The van der Waals surface area contributed by atoms with E-state index < -0.39 is 5.97 Å². The lowest BCUT2D eigenvalue weighted by Crippen LogP contribution is -2.16. The molecule has 1 amide bonds. The summed E-state index contributed by atoms with van der Waals surface area (Å²) < 4.78 is 12.8. The van der Waals surface area contributed by atoms with E-state index in [9.17, 15) is 9.59 Å². The second kappa shape index (κ2) is 13.5. The summed E-state index contributed by atoms with van der Waals surface area (Å²) in [6.45, 7) is 10.8. The molecule has 2 aromatic heterocycles. The van der Waals surface area contributed by atoms with Crippen LogP contribution < -0.4 is 10.1 Å². The largest absolute Gasteiger partial charge is 0.486 e. The molecule has 0 spiro atoms. The van der Waals surface area contributed by atoms with Crippen LogP contribution in [-0.2, 0) is 22.7 Å². The van der Waals surface area contributed by atoms with Crippen LogP contribution in [0.15, 0.2) is 71.7 Å². The van der Waals surface area contributed by atoms with Crippen LogP contribution in [0.3, 0.4) is 0 Å². The number of aryl methyl sites for hydroxylation is 1. The highest BCUT2D eigenvalue weighted by Gasteiger charge is 2.23. The zero-order chi connectivity index (χ0) is 28.6. The first kappa shape index (κ1) is 29.1. The number of hydrogen-bond donors (Lipinski definition) is 1. The lowest BCUT2D eigenvalue weighted by atomic mass is 10.0. The Hall–Kier alpha value is -3.89. The van der Waals surface area contributed by atoms with E-state index in [0.717, 1.165) is 16.9 Å².